The minimum Gasteiger partial charge on any atom is -0.456 e. The standard InChI is InChI=1S/C45H27N3OS/c1-2-9-31(10-3-1)43-46-44(48-45(47-43)37-13-8-15-39-42(37)36-12-4-6-14-38(36)49-39)32-23-21-29(22-24-32)28-17-19-30(20-18-28)33-25-26-35-34-11-5-7-16-40(34)50-41(35)27-33/h1-27H. The first-order chi connectivity index (χ1) is 24.7. The molecule has 0 saturated heterocycles. The molecule has 0 radical (unpaired) electrons. The van der Waals surface area contributed by atoms with E-state index in [0.29, 0.717) is 17.5 Å². The van der Waals surface area contributed by atoms with Gasteiger partial charge in [-0.25, -0.2) is 15.0 Å². The van der Waals surface area contributed by atoms with E-state index >= 15 is 0 Å². The molecule has 4 nitrogen and oxygen atoms in total. The fourth-order valence-corrected chi connectivity index (χ4v) is 8.02. The second-order valence-electron chi connectivity index (χ2n) is 12.4. The van der Waals surface area contributed by atoms with Crippen LogP contribution in [0.5, 0.6) is 0 Å². The molecule has 0 atom stereocenters. The molecule has 3 aromatic heterocycles. The van der Waals surface area contributed by atoms with E-state index in [2.05, 4.69) is 103 Å². The summed E-state index contributed by atoms with van der Waals surface area (Å²) < 4.78 is 8.83. The van der Waals surface area contributed by atoms with Crippen molar-refractivity contribution >= 4 is 53.4 Å². The molecule has 0 saturated carbocycles. The third kappa shape index (κ3) is 4.87. The summed E-state index contributed by atoms with van der Waals surface area (Å²) >= 11 is 1.85. The van der Waals surface area contributed by atoms with Crippen LogP contribution in [0, 0.1) is 0 Å². The summed E-state index contributed by atoms with van der Waals surface area (Å²) in [7, 11) is 0. The minimum atomic E-state index is 0.611. The molecule has 0 aliphatic rings. The van der Waals surface area contributed by atoms with Crippen LogP contribution < -0.4 is 0 Å². The Morgan fingerprint density at radius 1 is 0.360 bits per heavy atom. The number of nitrogens with zero attached hydrogens (tertiary/aromatic N) is 3. The summed E-state index contributed by atoms with van der Waals surface area (Å²) in [6.07, 6.45) is 0. The van der Waals surface area contributed by atoms with Crippen LogP contribution in [0.2, 0.25) is 0 Å². The van der Waals surface area contributed by atoms with Crippen LogP contribution in [-0.2, 0) is 0 Å². The second kappa shape index (κ2) is 11.6. The quantitative estimate of drug-likeness (QED) is 0.185. The van der Waals surface area contributed by atoms with Gasteiger partial charge in [0.1, 0.15) is 11.2 Å². The first kappa shape index (κ1) is 28.6. The number of fused-ring (bicyclic) bond motifs is 6. The minimum absolute atomic E-state index is 0.611. The van der Waals surface area contributed by atoms with Crippen LogP contribution in [0.15, 0.2) is 168 Å². The van der Waals surface area contributed by atoms with Gasteiger partial charge in [0, 0.05) is 47.6 Å². The lowest BCUT2D eigenvalue weighted by Crippen LogP contribution is -2.00. The van der Waals surface area contributed by atoms with E-state index in [9.17, 15) is 0 Å². The summed E-state index contributed by atoms with van der Waals surface area (Å²) in [6, 6.07) is 56.9. The highest BCUT2D eigenvalue weighted by atomic mass is 32.1. The first-order valence-corrected chi connectivity index (χ1v) is 17.4. The Bertz CT molecular complexity index is 2850. The van der Waals surface area contributed by atoms with E-state index in [4.69, 9.17) is 19.4 Å². The molecule has 7 aromatic carbocycles. The van der Waals surface area contributed by atoms with E-state index in [0.717, 1.165) is 49.8 Å². The molecule has 10 rings (SSSR count). The molecule has 0 N–H and O–H groups in total. The molecule has 0 unspecified atom stereocenters. The number of aromatic nitrogens is 3. The van der Waals surface area contributed by atoms with Crippen molar-refractivity contribution in [3.05, 3.63) is 164 Å². The molecule has 10 aromatic rings. The molecular formula is C45H27N3OS. The molecule has 50 heavy (non-hydrogen) atoms. The van der Waals surface area contributed by atoms with Crippen molar-refractivity contribution in [2.45, 2.75) is 0 Å². The number of thiophene rings is 1. The van der Waals surface area contributed by atoms with Crippen molar-refractivity contribution < 1.29 is 4.42 Å². The smallest absolute Gasteiger partial charge is 0.164 e. The summed E-state index contributed by atoms with van der Waals surface area (Å²) in [5, 5.41) is 4.69. The Morgan fingerprint density at radius 3 is 1.66 bits per heavy atom. The zero-order valence-corrected chi connectivity index (χ0v) is 27.6. The highest BCUT2D eigenvalue weighted by Gasteiger charge is 2.18. The average Bonchev–Trinajstić information content (AvgIpc) is 3.76. The largest absolute Gasteiger partial charge is 0.456 e. The van der Waals surface area contributed by atoms with Gasteiger partial charge in [0.05, 0.1) is 0 Å². The summed E-state index contributed by atoms with van der Waals surface area (Å²) in [5.41, 5.74) is 9.14. The van der Waals surface area contributed by atoms with Crippen molar-refractivity contribution in [1.29, 1.82) is 0 Å². The van der Waals surface area contributed by atoms with Gasteiger partial charge in [-0.3, -0.25) is 0 Å². The number of hydrogen-bond donors (Lipinski definition) is 0. The SMILES string of the molecule is c1ccc(-c2nc(-c3ccc(-c4ccc(-c5ccc6c(c5)sc5ccccc56)cc4)cc3)nc(-c3cccc4oc5ccccc5c34)n2)cc1. The summed E-state index contributed by atoms with van der Waals surface area (Å²) in [6.45, 7) is 0. The van der Waals surface area contributed by atoms with Gasteiger partial charge in [-0.1, -0.05) is 140 Å². The molecule has 5 heteroatoms. The summed E-state index contributed by atoms with van der Waals surface area (Å²) in [4.78, 5) is 15.0. The van der Waals surface area contributed by atoms with Gasteiger partial charge in [0.25, 0.3) is 0 Å². The van der Waals surface area contributed by atoms with Crippen LogP contribution in [0.25, 0.3) is 98.5 Å². The Kier molecular flexibility index (Phi) is 6.64. The molecule has 0 aliphatic heterocycles. The zero-order valence-electron chi connectivity index (χ0n) is 26.7. The molecule has 0 spiro atoms. The lowest BCUT2D eigenvalue weighted by Gasteiger charge is -2.10. The lowest BCUT2D eigenvalue weighted by atomic mass is 9.99. The molecule has 3 heterocycles. The predicted octanol–water partition coefficient (Wildman–Crippen LogP) is 12.5. The van der Waals surface area contributed by atoms with E-state index in [-0.39, 0.29) is 0 Å². The maximum Gasteiger partial charge on any atom is 0.164 e. The normalized spacial score (nSPS) is 11.6. The van der Waals surface area contributed by atoms with Gasteiger partial charge >= 0.3 is 0 Å². The van der Waals surface area contributed by atoms with Crippen molar-refractivity contribution in [2.75, 3.05) is 0 Å². The van der Waals surface area contributed by atoms with Gasteiger partial charge < -0.3 is 4.42 Å². The first-order valence-electron chi connectivity index (χ1n) is 16.6. The Hall–Kier alpha value is -6.43. The van der Waals surface area contributed by atoms with Crippen molar-refractivity contribution in [1.82, 2.24) is 15.0 Å². The number of para-hydroxylation sites is 1. The third-order valence-corrected chi connectivity index (χ3v) is 10.5. The number of furan rings is 1. The van der Waals surface area contributed by atoms with Crippen LogP contribution >= 0.6 is 11.3 Å². The van der Waals surface area contributed by atoms with Crippen LogP contribution in [0.1, 0.15) is 0 Å². The van der Waals surface area contributed by atoms with E-state index in [1.807, 2.05) is 72.0 Å². The third-order valence-electron chi connectivity index (χ3n) is 9.38. The summed E-state index contributed by atoms with van der Waals surface area (Å²) in [5.74, 6) is 1.86. The van der Waals surface area contributed by atoms with Gasteiger partial charge in [-0.15, -0.1) is 11.3 Å². The number of hydrogen-bond acceptors (Lipinski definition) is 5. The predicted molar refractivity (Wildman–Crippen MR) is 207 cm³/mol. The maximum absolute atomic E-state index is 6.19. The molecule has 0 aliphatic carbocycles. The molecule has 0 amide bonds. The molecule has 0 bridgehead atoms. The van der Waals surface area contributed by atoms with Crippen molar-refractivity contribution in [2.24, 2.45) is 0 Å². The molecular weight excluding hydrogens is 631 g/mol. The highest BCUT2D eigenvalue weighted by Crippen LogP contribution is 2.38. The van der Waals surface area contributed by atoms with Crippen LogP contribution in [0.3, 0.4) is 0 Å². The van der Waals surface area contributed by atoms with Gasteiger partial charge in [0.15, 0.2) is 17.5 Å². The monoisotopic (exact) mass is 657 g/mol. The van der Waals surface area contributed by atoms with E-state index in [1.165, 1.54) is 31.3 Å². The lowest BCUT2D eigenvalue weighted by molar-refractivity contribution is 0.669. The van der Waals surface area contributed by atoms with Crippen molar-refractivity contribution in [3.63, 3.8) is 0 Å². The second-order valence-corrected chi connectivity index (χ2v) is 13.5. The highest BCUT2D eigenvalue weighted by molar-refractivity contribution is 7.25. The fourth-order valence-electron chi connectivity index (χ4n) is 6.88. The Morgan fingerprint density at radius 2 is 0.900 bits per heavy atom. The van der Waals surface area contributed by atoms with E-state index in [1.54, 1.807) is 0 Å². The van der Waals surface area contributed by atoms with Gasteiger partial charge in [0.2, 0.25) is 0 Å². The topological polar surface area (TPSA) is 51.8 Å². The average molecular weight is 658 g/mol. The number of benzene rings is 7. The Labute approximate surface area is 292 Å². The molecule has 0 fully saturated rings. The van der Waals surface area contributed by atoms with Crippen LogP contribution in [0.4, 0.5) is 0 Å². The van der Waals surface area contributed by atoms with Crippen molar-refractivity contribution in [3.8, 4) is 56.4 Å². The Balaban J connectivity index is 1.01. The zero-order chi connectivity index (χ0) is 33.0. The van der Waals surface area contributed by atoms with Gasteiger partial charge in [-0.2, -0.15) is 0 Å². The van der Waals surface area contributed by atoms with E-state index < -0.39 is 0 Å². The fraction of sp³-hybridized carbons (Fsp3) is 0. The van der Waals surface area contributed by atoms with Gasteiger partial charge in [-0.05, 0) is 46.5 Å². The number of rotatable bonds is 5. The van der Waals surface area contributed by atoms with Crippen LogP contribution in [-0.4, -0.2) is 15.0 Å². The molecule has 234 valence electrons. The maximum atomic E-state index is 6.19.